The van der Waals surface area contributed by atoms with Crippen molar-refractivity contribution in [2.45, 2.75) is 12.5 Å². The number of aliphatic hydroxyl groups excluding tert-OH is 1. The summed E-state index contributed by atoms with van der Waals surface area (Å²) in [5.41, 5.74) is 1.17. The molecule has 1 atom stereocenters. The quantitative estimate of drug-likeness (QED) is 0.830. The van der Waals surface area contributed by atoms with Gasteiger partial charge in [-0.25, -0.2) is 4.39 Å². The van der Waals surface area contributed by atoms with E-state index in [0.717, 1.165) is 9.13 Å². The maximum atomic E-state index is 13.8. The molecular formula is C15H14FIO2. The molecule has 2 nitrogen and oxygen atoms in total. The second-order valence-corrected chi connectivity index (χ2v) is 5.45. The highest BCUT2D eigenvalue weighted by Gasteiger charge is 2.18. The third-order valence-electron chi connectivity index (χ3n) is 2.91. The molecule has 0 bridgehead atoms. The van der Waals surface area contributed by atoms with E-state index in [1.54, 1.807) is 12.1 Å². The van der Waals surface area contributed by atoms with Crippen LogP contribution in [0.1, 0.15) is 17.2 Å². The SMILES string of the molecule is COc1cccc(F)c1C(O)Cc1ccc(I)cc1. The predicted molar refractivity (Wildman–Crippen MR) is 80.8 cm³/mol. The van der Waals surface area contributed by atoms with Crippen LogP contribution in [-0.4, -0.2) is 12.2 Å². The van der Waals surface area contributed by atoms with E-state index in [1.807, 2.05) is 24.3 Å². The summed E-state index contributed by atoms with van der Waals surface area (Å²) in [6, 6.07) is 12.3. The molecule has 0 radical (unpaired) electrons. The first-order chi connectivity index (χ1) is 9.11. The average molecular weight is 372 g/mol. The number of rotatable bonds is 4. The molecule has 2 aromatic carbocycles. The number of aliphatic hydroxyl groups is 1. The molecule has 0 spiro atoms. The monoisotopic (exact) mass is 372 g/mol. The van der Waals surface area contributed by atoms with Crippen LogP contribution < -0.4 is 4.74 Å². The molecule has 0 amide bonds. The van der Waals surface area contributed by atoms with E-state index in [0.29, 0.717) is 12.2 Å². The Balaban J connectivity index is 2.24. The van der Waals surface area contributed by atoms with Crippen molar-refractivity contribution in [1.82, 2.24) is 0 Å². The summed E-state index contributed by atoms with van der Waals surface area (Å²) in [7, 11) is 1.47. The van der Waals surface area contributed by atoms with Gasteiger partial charge in [-0.05, 0) is 52.4 Å². The lowest BCUT2D eigenvalue weighted by molar-refractivity contribution is 0.169. The van der Waals surface area contributed by atoms with Gasteiger partial charge in [-0.3, -0.25) is 0 Å². The topological polar surface area (TPSA) is 29.5 Å². The van der Waals surface area contributed by atoms with Gasteiger partial charge in [0.15, 0.2) is 0 Å². The molecule has 0 fully saturated rings. The van der Waals surface area contributed by atoms with E-state index < -0.39 is 11.9 Å². The Morgan fingerprint density at radius 2 is 1.89 bits per heavy atom. The molecule has 0 saturated carbocycles. The van der Waals surface area contributed by atoms with Gasteiger partial charge >= 0.3 is 0 Å². The molecule has 1 N–H and O–H groups in total. The van der Waals surface area contributed by atoms with Gasteiger partial charge in [0.25, 0.3) is 0 Å². The van der Waals surface area contributed by atoms with E-state index in [2.05, 4.69) is 22.6 Å². The van der Waals surface area contributed by atoms with Crippen molar-refractivity contribution in [3.8, 4) is 5.75 Å². The van der Waals surface area contributed by atoms with Crippen molar-refractivity contribution in [2.75, 3.05) is 7.11 Å². The molecule has 0 heterocycles. The van der Waals surface area contributed by atoms with Crippen LogP contribution in [0, 0.1) is 9.39 Å². The third-order valence-corrected chi connectivity index (χ3v) is 3.63. The van der Waals surface area contributed by atoms with Crippen molar-refractivity contribution >= 4 is 22.6 Å². The Morgan fingerprint density at radius 3 is 2.53 bits per heavy atom. The fourth-order valence-electron chi connectivity index (χ4n) is 1.96. The Hall–Kier alpha value is -1.14. The molecule has 0 saturated heterocycles. The number of hydrogen-bond donors (Lipinski definition) is 1. The van der Waals surface area contributed by atoms with Crippen LogP contribution in [-0.2, 0) is 6.42 Å². The summed E-state index contributed by atoms with van der Waals surface area (Å²) in [5, 5.41) is 10.2. The minimum atomic E-state index is -0.920. The van der Waals surface area contributed by atoms with Crippen LogP contribution in [0.15, 0.2) is 42.5 Å². The highest BCUT2D eigenvalue weighted by Crippen LogP contribution is 2.30. The fraction of sp³-hybridized carbons (Fsp3) is 0.200. The Kier molecular flexibility index (Phi) is 4.76. The van der Waals surface area contributed by atoms with Gasteiger partial charge in [0.1, 0.15) is 11.6 Å². The van der Waals surface area contributed by atoms with E-state index in [9.17, 15) is 9.50 Å². The molecule has 2 rings (SSSR count). The van der Waals surface area contributed by atoms with Crippen LogP contribution in [0.3, 0.4) is 0 Å². The maximum Gasteiger partial charge on any atom is 0.132 e. The molecule has 0 aliphatic rings. The van der Waals surface area contributed by atoms with E-state index in [1.165, 1.54) is 13.2 Å². The zero-order valence-electron chi connectivity index (χ0n) is 10.4. The van der Waals surface area contributed by atoms with Crippen molar-refractivity contribution in [3.05, 3.63) is 63.0 Å². The van der Waals surface area contributed by atoms with Gasteiger partial charge in [-0.1, -0.05) is 18.2 Å². The highest BCUT2D eigenvalue weighted by atomic mass is 127. The first kappa shape index (κ1) is 14.3. The van der Waals surface area contributed by atoms with Gasteiger partial charge < -0.3 is 9.84 Å². The first-order valence-electron chi connectivity index (χ1n) is 5.86. The van der Waals surface area contributed by atoms with Crippen LogP contribution in [0.25, 0.3) is 0 Å². The summed E-state index contributed by atoms with van der Waals surface area (Å²) < 4.78 is 20.0. The molecule has 4 heteroatoms. The summed E-state index contributed by atoms with van der Waals surface area (Å²) >= 11 is 2.22. The standard InChI is InChI=1S/C15H14FIO2/c1-19-14-4-2-3-12(16)15(14)13(18)9-10-5-7-11(17)8-6-10/h2-8,13,18H,9H2,1H3. The molecule has 19 heavy (non-hydrogen) atoms. The van der Waals surface area contributed by atoms with E-state index in [4.69, 9.17) is 4.74 Å². The average Bonchev–Trinajstić information content (AvgIpc) is 2.40. The lowest BCUT2D eigenvalue weighted by Gasteiger charge is -2.15. The zero-order valence-corrected chi connectivity index (χ0v) is 12.6. The normalized spacial score (nSPS) is 12.2. The zero-order chi connectivity index (χ0) is 13.8. The van der Waals surface area contributed by atoms with Crippen molar-refractivity contribution in [2.24, 2.45) is 0 Å². The molecule has 100 valence electrons. The lowest BCUT2D eigenvalue weighted by Crippen LogP contribution is -2.06. The smallest absolute Gasteiger partial charge is 0.132 e. The van der Waals surface area contributed by atoms with Gasteiger partial charge in [0.05, 0.1) is 18.8 Å². The molecule has 0 aliphatic carbocycles. The summed E-state index contributed by atoms with van der Waals surface area (Å²) in [5.74, 6) is -0.0737. The lowest BCUT2D eigenvalue weighted by atomic mass is 10.00. The van der Waals surface area contributed by atoms with Crippen molar-refractivity contribution in [3.63, 3.8) is 0 Å². The third kappa shape index (κ3) is 3.45. The highest BCUT2D eigenvalue weighted by molar-refractivity contribution is 14.1. The minimum absolute atomic E-state index is 0.212. The molecule has 0 aromatic heterocycles. The molecule has 1 unspecified atom stereocenters. The second kappa shape index (κ2) is 6.34. The summed E-state index contributed by atoms with van der Waals surface area (Å²) in [4.78, 5) is 0. The number of halogens is 2. The Morgan fingerprint density at radius 1 is 1.21 bits per heavy atom. The first-order valence-corrected chi connectivity index (χ1v) is 6.94. The Bertz CT molecular complexity index is 555. The molecule has 2 aromatic rings. The van der Waals surface area contributed by atoms with E-state index >= 15 is 0 Å². The van der Waals surface area contributed by atoms with Gasteiger partial charge in [-0.2, -0.15) is 0 Å². The number of benzene rings is 2. The number of ether oxygens (including phenoxy) is 1. The summed E-state index contributed by atoms with van der Waals surface area (Å²) in [6.07, 6.45) is -0.565. The van der Waals surface area contributed by atoms with Gasteiger partial charge in [0, 0.05) is 9.99 Å². The Labute approximate surface area is 125 Å². The van der Waals surface area contributed by atoms with Crippen molar-refractivity contribution < 1.29 is 14.2 Å². The molecule has 0 aliphatic heterocycles. The minimum Gasteiger partial charge on any atom is -0.496 e. The number of hydrogen-bond acceptors (Lipinski definition) is 2. The number of methoxy groups -OCH3 is 1. The maximum absolute atomic E-state index is 13.8. The largest absolute Gasteiger partial charge is 0.496 e. The second-order valence-electron chi connectivity index (χ2n) is 4.20. The van der Waals surface area contributed by atoms with Crippen molar-refractivity contribution in [1.29, 1.82) is 0 Å². The fourth-order valence-corrected chi connectivity index (χ4v) is 2.32. The van der Waals surface area contributed by atoms with Crippen LogP contribution >= 0.6 is 22.6 Å². The predicted octanol–water partition coefficient (Wildman–Crippen LogP) is 3.72. The molecular weight excluding hydrogens is 358 g/mol. The van der Waals surface area contributed by atoms with Gasteiger partial charge in [-0.15, -0.1) is 0 Å². The van der Waals surface area contributed by atoms with Crippen LogP contribution in [0.5, 0.6) is 5.75 Å². The van der Waals surface area contributed by atoms with E-state index in [-0.39, 0.29) is 5.56 Å². The van der Waals surface area contributed by atoms with Crippen LogP contribution in [0.2, 0.25) is 0 Å². The summed E-state index contributed by atoms with van der Waals surface area (Å²) in [6.45, 7) is 0. The van der Waals surface area contributed by atoms with Crippen LogP contribution in [0.4, 0.5) is 4.39 Å². The van der Waals surface area contributed by atoms with Gasteiger partial charge in [0.2, 0.25) is 0 Å².